The molecule has 0 aliphatic carbocycles. The predicted octanol–water partition coefficient (Wildman–Crippen LogP) is 2.50. The monoisotopic (exact) mass is 317 g/mol. The largest absolute Gasteiger partial charge is 0.481 e. The maximum absolute atomic E-state index is 11.8. The normalized spacial score (nSPS) is 24.4. The third kappa shape index (κ3) is 2.11. The number of carboxylic acids is 1. The lowest BCUT2D eigenvalue weighted by Crippen LogP contribution is -2.29. The van der Waals surface area contributed by atoms with Crippen LogP contribution in [0.25, 0.3) is 0 Å². The number of likely N-dealkylation sites (tertiary alicyclic amines) is 1. The van der Waals surface area contributed by atoms with Gasteiger partial charge in [0.25, 0.3) is 0 Å². The highest BCUT2D eigenvalue weighted by atomic mass is 79.9. The first-order valence-electron chi connectivity index (χ1n) is 5.31. The Bertz CT molecular complexity index is 459. The number of halogens is 1. The van der Waals surface area contributed by atoms with E-state index in [0.29, 0.717) is 6.54 Å². The van der Waals surface area contributed by atoms with Crippen LogP contribution in [0.2, 0.25) is 0 Å². The topological polar surface area (TPSA) is 57.6 Å². The summed E-state index contributed by atoms with van der Waals surface area (Å²) >= 11 is 4.89. The van der Waals surface area contributed by atoms with E-state index in [1.807, 2.05) is 18.4 Å². The molecule has 2 rings (SSSR count). The van der Waals surface area contributed by atoms with Crippen LogP contribution in [0.3, 0.4) is 0 Å². The standard InChI is InChI=1S/C11H12BrNO3S/c1-2-13-8(14)5-6(11(15)16)9(13)10-7(12)3-4-17-10/h3-4,6,9H,2,5H2,1H3,(H,15,16). The number of amides is 1. The van der Waals surface area contributed by atoms with Gasteiger partial charge in [-0.2, -0.15) is 0 Å². The minimum Gasteiger partial charge on any atom is -0.481 e. The minimum atomic E-state index is -0.903. The van der Waals surface area contributed by atoms with Gasteiger partial charge in [-0.05, 0) is 34.3 Å². The molecule has 92 valence electrons. The molecular formula is C11H12BrNO3S. The van der Waals surface area contributed by atoms with E-state index in [1.165, 1.54) is 11.3 Å². The molecule has 1 aromatic heterocycles. The van der Waals surface area contributed by atoms with Crippen LogP contribution in [0, 0.1) is 5.92 Å². The van der Waals surface area contributed by atoms with E-state index >= 15 is 0 Å². The summed E-state index contributed by atoms with van der Waals surface area (Å²) in [6.45, 7) is 2.41. The highest BCUT2D eigenvalue weighted by molar-refractivity contribution is 9.10. The maximum Gasteiger partial charge on any atom is 0.309 e. The molecule has 2 heterocycles. The lowest BCUT2D eigenvalue weighted by atomic mass is 9.99. The smallest absolute Gasteiger partial charge is 0.309 e. The van der Waals surface area contributed by atoms with Crippen LogP contribution in [-0.4, -0.2) is 28.4 Å². The number of aliphatic carboxylic acids is 1. The molecule has 4 nitrogen and oxygen atoms in total. The lowest BCUT2D eigenvalue weighted by molar-refractivity contribution is -0.142. The van der Waals surface area contributed by atoms with Gasteiger partial charge in [-0.25, -0.2) is 0 Å². The Morgan fingerprint density at radius 3 is 2.88 bits per heavy atom. The number of thiophene rings is 1. The third-order valence-electron chi connectivity index (χ3n) is 3.00. The fourth-order valence-electron chi connectivity index (χ4n) is 2.23. The highest BCUT2D eigenvalue weighted by Crippen LogP contribution is 2.43. The number of hydrogen-bond acceptors (Lipinski definition) is 3. The second kappa shape index (κ2) is 4.78. The Labute approximate surface area is 111 Å². The summed E-state index contributed by atoms with van der Waals surface area (Å²) in [6.07, 6.45) is 0.0954. The average Bonchev–Trinajstić information content (AvgIpc) is 2.81. The van der Waals surface area contributed by atoms with Crippen molar-refractivity contribution in [2.75, 3.05) is 6.54 Å². The first kappa shape index (κ1) is 12.6. The van der Waals surface area contributed by atoms with Crippen molar-refractivity contribution in [2.45, 2.75) is 19.4 Å². The van der Waals surface area contributed by atoms with Crippen LogP contribution in [0.4, 0.5) is 0 Å². The van der Waals surface area contributed by atoms with Gasteiger partial charge in [-0.15, -0.1) is 11.3 Å². The van der Waals surface area contributed by atoms with Crippen molar-refractivity contribution in [3.05, 3.63) is 20.8 Å². The van der Waals surface area contributed by atoms with Gasteiger partial charge in [-0.3, -0.25) is 9.59 Å². The summed E-state index contributed by atoms with van der Waals surface area (Å²) < 4.78 is 0.881. The molecule has 17 heavy (non-hydrogen) atoms. The second-order valence-electron chi connectivity index (χ2n) is 3.91. The summed E-state index contributed by atoms with van der Waals surface area (Å²) in [4.78, 5) is 25.6. The molecule has 0 radical (unpaired) electrons. The van der Waals surface area contributed by atoms with Crippen LogP contribution >= 0.6 is 27.3 Å². The van der Waals surface area contributed by atoms with Gasteiger partial charge in [0.2, 0.25) is 5.91 Å². The van der Waals surface area contributed by atoms with Gasteiger partial charge >= 0.3 is 5.97 Å². The molecule has 1 saturated heterocycles. The minimum absolute atomic E-state index is 0.0785. The Kier molecular flexibility index (Phi) is 3.53. The van der Waals surface area contributed by atoms with E-state index < -0.39 is 11.9 Å². The van der Waals surface area contributed by atoms with Crippen molar-refractivity contribution in [3.8, 4) is 0 Å². The summed E-state index contributed by atoms with van der Waals surface area (Å²) in [5, 5.41) is 11.1. The van der Waals surface area contributed by atoms with E-state index in [1.54, 1.807) is 4.90 Å². The second-order valence-corrected chi connectivity index (χ2v) is 5.71. The molecule has 0 spiro atoms. The predicted molar refractivity (Wildman–Crippen MR) is 67.9 cm³/mol. The fourth-order valence-corrected chi connectivity index (χ4v) is 4.01. The molecule has 1 fully saturated rings. The van der Waals surface area contributed by atoms with E-state index in [9.17, 15) is 14.7 Å². The molecule has 1 aliphatic rings. The van der Waals surface area contributed by atoms with Gasteiger partial charge in [-0.1, -0.05) is 0 Å². The molecule has 1 amide bonds. The van der Waals surface area contributed by atoms with Gasteiger partial charge < -0.3 is 10.0 Å². The maximum atomic E-state index is 11.8. The Balaban J connectivity index is 2.42. The average molecular weight is 318 g/mol. The van der Waals surface area contributed by atoms with Crippen molar-refractivity contribution in [3.63, 3.8) is 0 Å². The highest BCUT2D eigenvalue weighted by Gasteiger charge is 2.45. The van der Waals surface area contributed by atoms with Crippen LogP contribution in [0.5, 0.6) is 0 Å². The van der Waals surface area contributed by atoms with Gasteiger partial charge in [0, 0.05) is 22.3 Å². The van der Waals surface area contributed by atoms with Crippen molar-refractivity contribution in [2.24, 2.45) is 5.92 Å². The zero-order chi connectivity index (χ0) is 12.6. The fraction of sp³-hybridized carbons (Fsp3) is 0.455. The first-order valence-corrected chi connectivity index (χ1v) is 6.98. The summed E-state index contributed by atoms with van der Waals surface area (Å²) in [6, 6.07) is 1.55. The van der Waals surface area contributed by atoms with Crippen LogP contribution in [0.15, 0.2) is 15.9 Å². The number of hydrogen-bond donors (Lipinski definition) is 1. The molecule has 2 unspecified atom stereocenters. The van der Waals surface area contributed by atoms with Gasteiger partial charge in [0.1, 0.15) is 0 Å². The zero-order valence-electron chi connectivity index (χ0n) is 9.22. The van der Waals surface area contributed by atoms with Gasteiger partial charge in [0.05, 0.1) is 12.0 Å². The van der Waals surface area contributed by atoms with E-state index in [2.05, 4.69) is 15.9 Å². The van der Waals surface area contributed by atoms with E-state index in [4.69, 9.17) is 0 Å². The molecule has 1 aliphatic heterocycles. The number of rotatable bonds is 3. The van der Waals surface area contributed by atoms with Crippen LogP contribution < -0.4 is 0 Å². The molecule has 2 atom stereocenters. The number of carbonyl (C=O) groups excluding carboxylic acids is 1. The molecule has 0 bridgehead atoms. The first-order chi connectivity index (χ1) is 8.06. The quantitative estimate of drug-likeness (QED) is 0.931. The number of carbonyl (C=O) groups is 2. The van der Waals surface area contributed by atoms with Crippen LogP contribution in [0.1, 0.15) is 24.3 Å². The number of nitrogens with zero attached hydrogens (tertiary/aromatic N) is 1. The lowest BCUT2D eigenvalue weighted by Gasteiger charge is -2.25. The Morgan fingerprint density at radius 1 is 1.71 bits per heavy atom. The van der Waals surface area contributed by atoms with Crippen molar-refractivity contribution >= 4 is 39.1 Å². The molecule has 6 heteroatoms. The van der Waals surface area contributed by atoms with Crippen LogP contribution in [-0.2, 0) is 9.59 Å². The Hall–Kier alpha value is -0.880. The molecular weight excluding hydrogens is 306 g/mol. The summed E-state index contributed by atoms with van der Waals surface area (Å²) in [5.74, 6) is -1.62. The van der Waals surface area contributed by atoms with Crippen molar-refractivity contribution < 1.29 is 14.7 Å². The van der Waals surface area contributed by atoms with E-state index in [0.717, 1.165) is 9.35 Å². The molecule has 1 N–H and O–H groups in total. The van der Waals surface area contributed by atoms with Crippen molar-refractivity contribution in [1.29, 1.82) is 0 Å². The Morgan fingerprint density at radius 2 is 2.41 bits per heavy atom. The zero-order valence-corrected chi connectivity index (χ0v) is 11.6. The number of carboxylic acid groups (broad SMARTS) is 1. The third-order valence-corrected chi connectivity index (χ3v) is 4.94. The molecule has 0 saturated carbocycles. The molecule has 1 aromatic rings. The summed E-state index contributed by atoms with van der Waals surface area (Å²) in [7, 11) is 0. The summed E-state index contributed by atoms with van der Waals surface area (Å²) in [5.41, 5.74) is 0. The molecule has 0 aromatic carbocycles. The SMILES string of the molecule is CCN1C(=O)CC(C(=O)O)C1c1sccc1Br. The van der Waals surface area contributed by atoms with Crippen molar-refractivity contribution in [1.82, 2.24) is 4.90 Å². The van der Waals surface area contributed by atoms with Gasteiger partial charge in [0.15, 0.2) is 0 Å². The van der Waals surface area contributed by atoms with E-state index in [-0.39, 0.29) is 18.4 Å².